The minimum atomic E-state index is -0.672. The second-order valence-corrected chi connectivity index (χ2v) is 6.17. The van der Waals surface area contributed by atoms with Gasteiger partial charge in [-0.2, -0.15) is 0 Å². The Kier molecular flexibility index (Phi) is 7.53. The summed E-state index contributed by atoms with van der Waals surface area (Å²) >= 11 is 0. The van der Waals surface area contributed by atoms with Crippen LogP contribution in [0.3, 0.4) is 0 Å². The number of hydrogen-bond donors (Lipinski definition) is 7. The lowest BCUT2D eigenvalue weighted by molar-refractivity contribution is 0.197. The van der Waals surface area contributed by atoms with Gasteiger partial charge in [0, 0.05) is 35.7 Å². The molecule has 0 amide bonds. The molecular formula is C19H28N4O3. The fraction of sp³-hybridized carbons (Fsp3) is 0.368. The van der Waals surface area contributed by atoms with Gasteiger partial charge in [-0.1, -0.05) is 0 Å². The van der Waals surface area contributed by atoms with E-state index in [4.69, 9.17) is 0 Å². The Hall–Kier alpha value is -2.48. The van der Waals surface area contributed by atoms with Crippen LogP contribution in [0.25, 0.3) is 0 Å². The monoisotopic (exact) mass is 360 g/mol. The van der Waals surface area contributed by atoms with E-state index in [0.29, 0.717) is 13.0 Å². The minimum Gasteiger partial charge on any atom is -0.385 e. The van der Waals surface area contributed by atoms with Crippen molar-refractivity contribution in [3.05, 3.63) is 48.5 Å². The van der Waals surface area contributed by atoms with Crippen molar-refractivity contribution in [2.24, 2.45) is 0 Å². The van der Waals surface area contributed by atoms with Crippen LogP contribution in [0.2, 0.25) is 0 Å². The van der Waals surface area contributed by atoms with Gasteiger partial charge in [0.1, 0.15) is 18.7 Å². The van der Waals surface area contributed by atoms with E-state index in [1.807, 2.05) is 48.5 Å². The fourth-order valence-corrected chi connectivity index (χ4v) is 2.45. The topological polar surface area (TPSA) is 109 Å². The summed E-state index contributed by atoms with van der Waals surface area (Å²) < 4.78 is 0. The highest BCUT2D eigenvalue weighted by molar-refractivity contribution is 5.55. The highest BCUT2D eigenvalue weighted by Gasteiger charge is 2.04. The molecule has 0 fully saturated rings. The quantitative estimate of drug-likeness (QED) is 0.326. The molecule has 2 aromatic rings. The Morgan fingerprint density at radius 1 is 0.654 bits per heavy atom. The van der Waals surface area contributed by atoms with Crippen molar-refractivity contribution in [1.82, 2.24) is 0 Å². The average molecular weight is 360 g/mol. The second kappa shape index (κ2) is 9.86. The number of rotatable bonds is 10. The van der Waals surface area contributed by atoms with Gasteiger partial charge < -0.3 is 36.6 Å². The average Bonchev–Trinajstić information content (AvgIpc) is 2.57. The lowest BCUT2D eigenvalue weighted by atomic mass is 10.2. The lowest BCUT2D eigenvalue weighted by Gasteiger charge is -2.16. The maximum Gasteiger partial charge on any atom is 0.126 e. The van der Waals surface area contributed by atoms with Crippen LogP contribution >= 0.6 is 0 Å². The molecule has 0 bridgehead atoms. The molecule has 7 nitrogen and oxygen atoms in total. The summed E-state index contributed by atoms with van der Waals surface area (Å²) in [5.41, 5.74) is 3.42. The second-order valence-electron chi connectivity index (χ2n) is 6.17. The Bertz CT molecular complexity index is 645. The summed E-state index contributed by atoms with van der Waals surface area (Å²) in [5, 5.41) is 40.7. The van der Waals surface area contributed by atoms with E-state index in [1.54, 1.807) is 13.8 Å². The number of benzene rings is 2. The summed E-state index contributed by atoms with van der Waals surface area (Å²) in [6, 6.07) is 15.0. The van der Waals surface area contributed by atoms with Crippen molar-refractivity contribution in [3.8, 4) is 0 Å². The first kappa shape index (κ1) is 19.8. The van der Waals surface area contributed by atoms with Crippen LogP contribution in [0, 0.1) is 0 Å². The number of nitrogens with one attached hydrogen (secondary N) is 4. The number of aliphatic hydroxyl groups excluding tert-OH is 3. The van der Waals surface area contributed by atoms with Gasteiger partial charge >= 0.3 is 0 Å². The highest BCUT2D eigenvalue weighted by Crippen LogP contribution is 2.16. The fourth-order valence-electron chi connectivity index (χ4n) is 2.45. The van der Waals surface area contributed by atoms with Crippen LogP contribution in [0.15, 0.2) is 48.5 Å². The molecule has 0 heterocycles. The third-order valence-corrected chi connectivity index (χ3v) is 3.60. The smallest absolute Gasteiger partial charge is 0.126 e. The van der Waals surface area contributed by atoms with Gasteiger partial charge in [-0.3, -0.25) is 0 Å². The van der Waals surface area contributed by atoms with Crippen molar-refractivity contribution < 1.29 is 15.3 Å². The molecule has 142 valence electrons. The lowest BCUT2D eigenvalue weighted by Crippen LogP contribution is -2.22. The summed E-state index contributed by atoms with van der Waals surface area (Å²) in [7, 11) is 0. The SMILES string of the molecule is CC(O)Nc1ccc(NCCC(O)Nc2ccc(NC(C)O)cc2)cc1. The third kappa shape index (κ3) is 7.18. The molecule has 3 atom stereocenters. The van der Waals surface area contributed by atoms with Crippen LogP contribution in [0.4, 0.5) is 22.7 Å². The number of hydrogen-bond acceptors (Lipinski definition) is 7. The van der Waals surface area contributed by atoms with Gasteiger partial charge in [-0.15, -0.1) is 0 Å². The zero-order valence-electron chi connectivity index (χ0n) is 15.1. The van der Waals surface area contributed by atoms with Gasteiger partial charge in [-0.25, -0.2) is 0 Å². The minimum absolute atomic E-state index is 0.529. The molecule has 0 radical (unpaired) electrons. The molecule has 3 unspecified atom stereocenters. The Morgan fingerprint density at radius 2 is 1.04 bits per heavy atom. The van der Waals surface area contributed by atoms with E-state index in [1.165, 1.54) is 0 Å². The molecule has 0 aromatic heterocycles. The summed E-state index contributed by atoms with van der Waals surface area (Å²) in [6.07, 6.45) is -1.34. The van der Waals surface area contributed by atoms with Crippen LogP contribution < -0.4 is 21.3 Å². The van der Waals surface area contributed by atoms with Crippen LogP contribution in [0.5, 0.6) is 0 Å². The zero-order chi connectivity index (χ0) is 18.9. The maximum absolute atomic E-state index is 10.1. The standard InChI is InChI=1S/C19H28N4O3/c1-13(24)21-16-5-3-15(4-6-16)20-12-11-19(26)23-18-9-7-17(8-10-18)22-14(2)25/h3-10,13-14,19-26H,11-12H2,1-2H3. The van der Waals surface area contributed by atoms with Crippen LogP contribution in [-0.4, -0.2) is 40.5 Å². The van der Waals surface area contributed by atoms with Crippen LogP contribution in [-0.2, 0) is 0 Å². The molecule has 7 heteroatoms. The van der Waals surface area contributed by atoms with Gasteiger partial charge in [0.25, 0.3) is 0 Å². The highest BCUT2D eigenvalue weighted by atomic mass is 16.3. The van der Waals surface area contributed by atoms with Crippen molar-refractivity contribution in [2.45, 2.75) is 39.0 Å². The molecular weight excluding hydrogens is 332 g/mol. The van der Waals surface area contributed by atoms with Crippen molar-refractivity contribution in [1.29, 1.82) is 0 Å². The van der Waals surface area contributed by atoms with Gasteiger partial charge in [-0.05, 0) is 62.4 Å². The van der Waals surface area contributed by atoms with Crippen molar-refractivity contribution in [3.63, 3.8) is 0 Å². The Labute approximate surface area is 154 Å². The normalized spacial score (nSPS) is 14.2. The Balaban J connectivity index is 1.72. The molecule has 2 aromatic carbocycles. The first-order valence-corrected chi connectivity index (χ1v) is 8.70. The number of anilines is 4. The molecule has 0 saturated carbocycles. The molecule has 26 heavy (non-hydrogen) atoms. The molecule has 0 aliphatic carbocycles. The van der Waals surface area contributed by atoms with Gasteiger partial charge in [0.05, 0.1) is 0 Å². The van der Waals surface area contributed by atoms with Crippen molar-refractivity contribution >= 4 is 22.7 Å². The Morgan fingerprint density at radius 3 is 1.46 bits per heavy atom. The van der Waals surface area contributed by atoms with Crippen molar-refractivity contribution in [2.75, 3.05) is 27.8 Å². The van der Waals surface area contributed by atoms with E-state index >= 15 is 0 Å². The summed E-state index contributed by atoms with van der Waals surface area (Å²) in [6.45, 7) is 3.93. The predicted molar refractivity (Wildman–Crippen MR) is 106 cm³/mol. The molecule has 0 saturated heterocycles. The summed E-state index contributed by atoms with van der Waals surface area (Å²) in [5.74, 6) is 0. The van der Waals surface area contributed by atoms with E-state index in [-0.39, 0.29) is 0 Å². The van der Waals surface area contributed by atoms with E-state index in [2.05, 4.69) is 21.3 Å². The third-order valence-electron chi connectivity index (χ3n) is 3.60. The molecule has 2 rings (SSSR count). The van der Waals surface area contributed by atoms with Gasteiger partial charge in [0.15, 0.2) is 0 Å². The van der Waals surface area contributed by atoms with Gasteiger partial charge in [0.2, 0.25) is 0 Å². The first-order valence-electron chi connectivity index (χ1n) is 8.70. The number of aliphatic hydroxyl groups is 3. The molecule has 0 aliphatic heterocycles. The van der Waals surface area contributed by atoms with E-state index in [9.17, 15) is 15.3 Å². The summed E-state index contributed by atoms with van der Waals surface area (Å²) in [4.78, 5) is 0. The molecule has 0 aliphatic rings. The van der Waals surface area contributed by atoms with Crippen LogP contribution in [0.1, 0.15) is 20.3 Å². The maximum atomic E-state index is 10.1. The predicted octanol–water partition coefficient (Wildman–Crippen LogP) is 2.42. The van der Waals surface area contributed by atoms with E-state index < -0.39 is 18.7 Å². The zero-order valence-corrected chi connectivity index (χ0v) is 15.1. The first-order chi connectivity index (χ1) is 12.4. The van der Waals surface area contributed by atoms with E-state index in [0.717, 1.165) is 22.7 Å². The molecule has 7 N–H and O–H groups in total. The largest absolute Gasteiger partial charge is 0.385 e. The molecule has 0 spiro atoms.